The average molecular weight is 309 g/mol. The summed E-state index contributed by atoms with van der Waals surface area (Å²) < 4.78 is 0. The van der Waals surface area contributed by atoms with Crippen LogP contribution in [0.2, 0.25) is 5.02 Å². The number of H-pyrrole nitrogens is 1. The Morgan fingerprint density at radius 3 is 2.62 bits per heavy atom. The van der Waals surface area contributed by atoms with Crippen LogP contribution in [0.4, 0.5) is 0 Å². The molecule has 0 aliphatic rings. The van der Waals surface area contributed by atoms with Crippen molar-refractivity contribution in [3.8, 4) is 0 Å². The molecule has 0 aliphatic carbocycles. The van der Waals surface area contributed by atoms with Crippen LogP contribution in [-0.4, -0.2) is 27.5 Å². The Balaban J connectivity index is 2.34. The number of aromatic amines is 1. The summed E-state index contributed by atoms with van der Waals surface area (Å²) in [6, 6.07) is 7.26. The van der Waals surface area contributed by atoms with Gasteiger partial charge in [0.1, 0.15) is 11.2 Å². The SMILES string of the molecule is CCCC(C)(NC(=O)c1[nH]c2ccccc2c1Cl)C(=O)O. The van der Waals surface area contributed by atoms with Gasteiger partial charge in [-0.1, -0.05) is 43.1 Å². The third-order valence-corrected chi connectivity index (χ3v) is 3.87. The van der Waals surface area contributed by atoms with Crippen LogP contribution in [0.1, 0.15) is 37.2 Å². The van der Waals surface area contributed by atoms with E-state index >= 15 is 0 Å². The minimum Gasteiger partial charge on any atom is -0.480 e. The second-order valence-corrected chi connectivity index (χ2v) is 5.58. The third kappa shape index (κ3) is 2.88. The van der Waals surface area contributed by atoms with Gasteiger partial charge in [0.05, 0.1) is 5.02 Å². The first-order valence-electron chi connectivity index (χ1n) is 6.71. The first-order chi connectivity index (χ1) is 9.89. The van der Waals surface area contributed by atoms with Crippen LogP contribution < -0.4 is 5.32 Å². The van der Waals surface area contributed by atoms with Gasteiger partial charge in [0.15, 0.2) is 0 Å². The highest BCUT2D eigenvalue weighted by atomic mass is 35.5. The van der Waals surface area contributed by atoms with Crippen molar-refractivity contribution in [1.29, 1.82) is 0 Å². The van der Waals surface area contributed by atoms with E-state index in [2.05, 4.69) is 10.3 Å². The van der Waals surface area contributed by atoms with E-state index in [9.17, 15) is 14.7 Å². The number of hydrogen-bond acceptors (Lipinski definition) is 2. The van der Waals surface area contributed by atoms with Gasteiger partial charge < -0.3 is 15.4 Å². The van der Waals surface area contributed by atoms with E-state index in [4.69, 9.17) is 11.6 Å². The molecule has 2 aromatic rings. The monoisotopic (exact) mass is 308 g/mol. The molecule has 0 saturated heterocycles. The summed E-state index contributed by atoms with van der Waals surface area (Å²) in [5, 5.41) is 12.9. The standard InChI is InChI=1S/C15H17ClN2O3/c1-3-8-15(2,14(20)21)18-13(19)12-11(16)9-6-4-5-7-10(9)17-12/h4-7,17H,3,8H2,1-2H3,(H,18,19)(H,20,21). The van der Waals surface area contributed by atoms with Gasteiger partial charge in [-0.2, -0.15) is 0 Å². The quantitative estimate of drug-likeness (QED) is 0.793. The van der Waals surface area contributed by atoms with Crippen LogP contribution in [0.25, 0.3) is 10.9 Å². The normalized spacial score (nSPS) is 13.9. The summed E-state index contributed by atoms with van der Waals surface area (Å²) in [6.07, 6.45) is 0.982. The molecule has 112 valence electrons. The van der Waals surface area contributed by atoms with E-state index < -0.39 is 17.4 Å². The number of aliphatic carboxylic acids is 1. The number of hydrogen-bond donors (Lipinski definition) is 3. The summed E-state index contributed by atoms with van der Waals surface area (Å²) >= 11 is 6.20. The number of fused-ring (bicyclic) bond motifs is 1. The molecule has 6 heteroatoms. The molecule has 0 aliphatic heterocycles. The molecule has 5 nitrogen and oxygen atoms in total. The number of amides is 1. The number of halogens is 1. The first-order valence-corrected chi connectivity index (χ1v) is 7.09. The van der Waals surface area contributed by atoms with Crippen LogP contribution in [0.3, 0.4) is 0 Å². The number of carboxylic acid groups (broad SMARTS) is 1. The molecule has 3 N–H and O–H groups in total. The maximum atomic E-state index is 12.3. The minimum absolute atomic E-state index is 0.182. The van der Waals surface area contributed by atoms with Crippen molar-refractivity contribution in [2.24, 2.45) is 0 Å². The van der Waals surface area contributed by atoms with Crippen LogP contribution in [0.15, 0.2) is 24.3 Å². The Bertz CT molecular complexity index is 695. The highest BCUT2D eigenvalue weighted by Gasteiger charge is 2.35. The number of para-hydroxylation sites is 1. The molecule has 1 unspecified atom stereocenters. The Hall–Kier alpha value is -2.01. The summed E-state index contributed by atoms with van der Waals surface area (Å²) in [7, 11) is 0. The molecule has 1 amide bonds. The van der Waals surface area contributed by atoms with Crippen molar-refractivity contribution in [2.45, 2.75) is 32.2 Å². The zero-order chi connectivity index (χ0) is 15.6. The Kier molecular flexibility index (Phi) is 4.23. The lowest BCUT2D eigenvalue weighted by molar-refractivity contribution is -0.144. The number of nitrogens with one attached hydrogen (secondary N) is 2. The molecule has 0 fully saturated rings. The van der Waals surface area contributed by atoms with Gasteiger partial charge in [-0.15, -0.1) is 0 Å². The van der Waals surface area contributed by atoms with Gasteiger partial charge in [-0.25, -0.2) is 4.79 Å². The third-order valence-electron chi connectivity index (χ3n) is 3.48. The van der Waals surface area contributed by atoms with Crippen LogP contribution in [-0.2, 0) is 4.79 Å². The molecular weight excluding hydrogens is 292 g/mol. The van der Waals surface area contributed by atoms with Crippen molar-refractivity contribution < 1.29 is 14.7 Å². The molecule has 1 heterocycles. The van der Waals surface area contributed by atoms with Gasteiger partial charge in [0, 0.05) is 10.9 Å². The maximum Gasteiger partial charge on any atom is 0.329 e. The predicted molar refractivity (Wildman–Crippen MR) is 81.7 cm³/mol. The van der Waals surface area contributed by atoms with E-state index in [1.165, 1.54) is 6.92 Å². The molecule has 0 radical (unpaired) electrons. The van der Waals surface area contributed by atoms with Gasteiger partial charge >= 0.3 is 5.97 Å². The minimum atomic E-state index is -1.31. The second-order valence-electron chi connectivity index (χ2n) is 5.20. The Labute approximate surface area is 127 Å². The fourth-order valence-corrected chi connectivity index (χ4v) is 2.60. The van der Waals surface area contributed by atoms with Crippen molar-refractivity contribution in [2.75, 3.05) is 0 Å². The average Bonchev–Trinajstić information content (AvgIpc) is 2.77. The van der Waals surface area contributed by atoms with Crippen molar-refractivity contribution in [3.63, 3.8) is 0 Å². The maximum absolute atomic E-state index is 12.3. The summed E-state index contributed by atoms with van der Waals surface area (Å²) in [4.78, 5) is 26.6. The smallest absolute Gasteiger partial charge is 0.329 e. The Morgan fingerprint density at radius 1 is 1.38 bits per heavy atom. The highest BCUT2D eigenvalue weighted by Crippen LogP contribution is 2.27. The topological polar surface area (TPSA) is 82.2 Å². The molecular formula is C15H17ClN2O3. The zero-order valence-corrected chi connectivity index (χ0v) is 12.6. The number of benzene rings is 1. The molecule has 1 aromatic carbocycles. The fourth-order valence-electron chi connectivity index (χ4n) is 2.30. The number of carbonyl (C=O) groups is 2. The summed E-state index contributed by atoms with van der Waals surface area (Å²) in [5.41, 5.74) is -0.395. The molecule has 2 rings (SSSR count). The first kappa shape index (κ1) is 15.4. The Morgan fingerprint density at radius 2 is 2.05 bits per heavy atom. The lowest BCUT2D eigenvalue weighted by Crippen LogP contribution is -2.52. The largest absolute Gasteiger partial charge is 0.480 e. The molecule has 0 bridgehead atoms. The fraction of sp³-hybridized carbons (Fsp3) is 0.333. The number of carbonyl (C=O) groups excluding carboxylic acids is 1. The summed E-state index contributed by atoms with van der Waals surface area (Å²) in [5.74, 6) is -1.58. The second kappa shape index (κ2) is 5.77. The molecule has 21 heavy (non-hydrogen) atoms. The predicted octanol–water partition coefficient (Wildman–Crippen LogP) is 3.19. The molecule has 1 atom stereocenters. The highest BCUT2D eigenvalue weighted by molar-refractivity contribution is 6.38. The van der Waals surface area contributed by atoms with Gasteiger partial charge in [-0.05, 0) is 19.4 Å². The van der Waals surface area contributed by atoms with E-state index in [1.54, 1.807) is 12.1 Å². The van der Waals surface area contributed by atoms with E-state index in [-0.39, 0.29) is 5.69 Å². The van der Waals surface area contributed by atoms with Gasteiger partial charge in [0.2, 0.25) is 0 Å². The van der Waals surface area contributed by atoms with E-state index in [1.807, 2.05) is 19.1 Å². The van der Waals surface area contributed by atoms with Crippen LogP contribution in [0, 0.1) is 0 Å². The molecule has 0 spiro atoms. The number of aromatic nitrogens is 1. The summed E-state index contributed by atoms with van der Waals surface area (Å²) in [6.45, 7) is 3.36. The lowest BCUT2D eigenvalue weighted by atomic mass is 9.96. The van der Waals surface area contributed by atoms with Crippen molar-refractivity contribution in [3.05, 3.63) is 35.0 Å². The van der Waals surface area contributed by atoms with E-state index in [0.717, 1.165) is 10.9 Å². The zero-order valence-electron chi connectivity index (χ0n) is 11.9. The van der Waals surface area contributed by atoms with Crippen LogP contribution in [0.5, 0.6) is 0 Å². The van der Waals surface area contributed by atoms with Crippen molar-refractivity contribution in [1.82, 2.24) is 10.3 Å². The van der Waals surface area contributed by atoms with Crippen LogP contribution >= 0.6 is 11.6 Å². The number of carboxylic acids is 1. The van der Waals surface area contributed by atoms with Gasteiger partial charge in [0.25, 0.3) is 5.91 Å². The van der Waals surface area contributed by atoms with Crippen molar-refractivity contribution >= 4 is 34.4 Å². The van der Waals surface area contributed by atoms with Gasteiger partial charge in [-0.3, -0.25) is 4.79 Å². The molecule has 1 aromatic heterocycles. The van der Waals surface area contributed by atoms with E-state index in [0.29, 0.717) is 17.9 Å². The lowest BCUT2D eigenvalue weighted by Gasteiger charge is -2.25. The molecule has 0 saturated carbocycles. The number of rotatable bonds is 5.